The quantitative estimate of drug-likeness (QED) is 0.500. The highest BCUT2D eigenvalue weighted by Crippen LogP contribution is 2.41. The van der Waals surface area contributed by atoms with E-state index in [0.717, 1.165) is 28.7 Å². The number of aryl methyl sites for hydroxylation is 1. The lowest BCUT2D eigenvalue weighted by atomic mass is 9.96. The number of aliphatic hydroxyl groups is 1. The Balaban J connectivity index is 1.81. The number of alkyl halides is 3. The van der Waals surface area contributed by atoms with Crippen molar-refractivity contribution in [3.63, 3.8) is 0 Å². The van der Waals surface area contributed by atoms with Crippen LogP contribution >= 0.6 is 12.2 Å². The van der Waals surface area contributed by atoms with Gasteiger partial charge in [0.2, 0.25) is 0 Å². The predicted molar refractivity (Wildman–Crippen MR) is 124 cm³/mol. The molecule has 1 aliphatic rings. The van der Waals surface area contributed by atoms with Gasteiger partial charge in [0, 0.05) is 36.4 Å². The SMILES string of the molecule is Cc1cc([C@H]2[C@@H](c3ccccn3)NC(=S)N2CCCO)c(C)n1-c1cccc(C(F)(F)F)c1. The summed E-state index contributed by atoms with van der Waals surface area (Å²) in [5.41, 5.74) is 3.19. The van der Waals surface area contributed by atoms with Gasteiger partial charge in [-0.15, -0.1) is 0 Å². The summed E-state index contributed by atoms with van der Waals surface area (Å²) in [7, 11) is 0. The number of nitrogens with one attached hydrogen (secondary N) is 1. The third-order valence-electron chi connectivity index (χ3n) is 5.98. The summed E-state index contributed by atoms with van der Waals surface area (Å²) >= 11 is 5.62. The number of hydrogen-bond donors (Lipinski definition) is 2. The van der Waals surface area contributed by atoms with Crippen LogP contribution in [0.3, 0.4) is 0 Å². The third kappa shape index (κ3) is 4.47. The molecular formula is C24H25F3N4OS. The molecule has 0 bridgehead atoms. The van der Waals surface area contributed by atoms with Crippen LogP contribution in [0.1, 0.15) is 46.7 Å². The van der Waals surface area contributed by atoms with E-state index >= 15 is 0 Å². The van der Waals surface area contributed by atoms with Gasteiger partial charge in [-0.1, -0.05) is 12.1 Å². The molecule has 2 atom stereocenters. The van der Waals surface area contributed by atoms with E-state index in [4.69, 9.17) is 12.2 Å². The Hall–Kier alpha value is -2.91. The van der Waals surface area contributed by atoms with Gasteiger partial charge in [0.05, 0.1) is 23.3 Å². The molecule has 3 heterocycles. The minimum Gasteiger partial charge on any atom is -0.396 e. The van der Waals surface area contributed by atoms with Crippen molar-refractivity contribution in [2.45, 2.75) is 38.5 Å². The summed E-state index contributed by atoms with van der Waals surface area (Å²) < 4.78 is 41.8. The number of rotatable bonds is 6. The molecule has 2 N–H and O–H groups in total. The van der Waals surface area contributed by atoms with Crippen LogP contribution in [0.5, 0.6) is 0 Å². The zero-order valence-electron chi connectivity index (χ0n) is 18.3. The van der Waals surface area contributed by atoms with E-state index < -0.39 is 11.7 Å². The van der Waals surface area contributed by atoms with Gasteiger partial charge in [-0.3, -0.25) is 4.98 Å². The number of aromatic nitrogens is 2. The summed E-state index contributed by atoms with van der Waals surface area (Å²) in [6.07, 6.45) is -2.15. The molecule has 0 spiro atoms. The molecule has 0 radical (unpaired) electrons. The van der Waals surface area contributed by atoms with Crippen molar-refractivity contribution >= 4 is 17.3 Å². The highest BCUT2D eigenvalue weighted by Gasteiger charge is 2.41. The molecule has 0 saturated carbocycles. The molecule has 1 fully saturated rings. The first kappa shape index (κ1) is 23.3. The zero-order chi connectivity index (χ0) is 23.8. The van der Waals surface area contributed by atoms with Crippen LogP contribution in [0.15, 0.2) is 54.7 Å². The summed E-state index contributed by atoms with van der Waals surface area (Å²) in [5, 5.41) is 13.3. The fourth-order valence-corrected chi connectivity index (χ4v) is 4.86. The number of hydrogen-bond acceptors (Lipinski definition) is 3. The second kappa shape index (κ2) is 9.15. The Morgan fingerprint density at radius 3 is 2.58 bits per heavy atom. The van der Waals surface area contributed by atoms with Crippen molar-refractivity contribution < 1.29 is 18.3 Å². The Labute approximate surface area is 195 Å². The summed E-state index contributed by atoms with van der Waals surface area (Å²) in [6.45, 7) is 4.36. The summed E-state index contributed by atoms with van der Waals surface area (Å²) in [4.78, 5) is 6.54. The van der Waals surface area contributed by atoms with Crippen LogP contribution in [0.2, 0.25) is 0 Å². The second-order valence-corrected chi connectivity index (χ2v) is 8.49. The van der Waals surface area contributed by atoms with Gasteiger partial charge >= 0.3 is 6.18 Å². The van der Waals surface area contributed by atoms with Crippen LogP contribution in [0.4, 0.5) is 13.2 Å². The van der Waals surface area contributed by atoms with E-state index in [9.17, 15) is 18.3 Å². The lowest BCUT2D eigenvalue weighted by Crippen LogP contribution is -2.31. The van der Waals surface area contributed by atoms with Crippen LogP contribution < -0.4 is 5.32 Å². The van der Waals surface area contributed by atoms with Crippen molar-refractivity contribution in [3.05, 3.63) is 82.9 Å². The number of aliphatic hydroxyl groups excluding tert-OH is 1. The normalized spacial score (nSPS) is 18.6. The maximum atomic E-state index is 13.3. The standard InChI is InChI=1S/C24H25F3N4OS/c1-15-13-19(16(2)31(15)18-8-5-7-17(14-18)24(25,26)27)22-21(20-9-3-4-10-28-20)29-23(33)30(22)11-6-12-32/h3-5,7-10,13-14,21-22,32H,6,11-12H2,1-2H3,(H,29,33)/t21-,22+/m1/s1. The molecule has 3 aromatic rings. The fraction of sp³-hybridized carbons (Fsp3) is 0.333. The molecule has 0 unspecified atom stereocenters. The molecule has 2 aromatic heterocycles. The molecule has 1 aliphatic heterocycles. The molecule has 1 aromatic carbocycles. The highest BCUT2D eigenvalue weighted by atomic mass is 32.1. The number of thiocarbonyl (C=S) groups is 1. The summed E-state index contributed by atoms with van der Waals surface area (Å²) in [5.74, 6) is 0. The van der Waals surface area contributed by atoms with Gasteiger partial charge in [-0.25, -0.2) is 0 Å². The van der Waals surface area contributed by atoms with Crippen LogP contribution in [0, 0.1) is 13.8 Å². The van der Waals surface area contributed by atoms with Gasteiger partial charge in [-0.2, -0.15) is 13.2 Å². The summed E-state index contributed by atoms with van der Waals surface area (Å²) in [6, 6.07) is 12.6. The minimum absolute atomic E-state index is 0.0311. The highest BCUT2D eigenvalue weighted by molar-refractivity contribution is 7.80. The van der Waals surface area contributed by atoms with Crippen molar-refractivity contribution in [2.75, 3.05) is 13.2 Å². The number of nitrogens with zero attached hydrogens (tertiary/aromatic N) is 3. The van der Waals surface area contributed by atoms with Crippen molar-refractivity contribution in [1.29, 1.82) is 0 Å². The maximum Gasteiger partial charge on any atom is 0.416 e. The lowest BCUT2D eigenvalue weighted by molar-refractivity contribution is -0.137. The first-order chi connectivity index (χ1) is 15.7. The molecule has 5 nitrogen and oxygen atoms in total. The Bertz CT molecular complexity index is 1150. The lowest BCUT2D eigenvalue weighted by Gasteiger charge is -2.28. The fourth-order valence-electron chi connectivity index (χ4n) is 4.53. The van der Waals surface area contributed by atoms with E-state index in [1.54, 1.807) is 12.3 Å². The van der Waals surface area contributed by atoms with E-state index in [1.165, 1.54) is 12.1 Å². The van der Waals surface area contributed by atoms with Crippen molar-refractivity contribution in [2.24, 2.45) is 0 Å². The molecular weight excluding hydrogens is 449 g/mol. The van der Waals surface area contributed by atoms with E-state index in [0.29, 0.717) is 23.8 Å². The van der Waals surface area contributed by atoms with Crippen LogP contribution in [-0.4, -0.2) is 37.8 Å². The molecule has 1 saturated heterocycles. The Morgan fingerprint density at radius 1 is 1.12 bits per heavy atom. The first-order valence-electron chi connectivity index (χ1n) is 10.7. The molecule has 0 aliphatic carbocycles. The van der Waals surface area contributed by atoms with Gasteiger partial charge in [0.25, 0.3) is 0 Å². The van der Waals surface area contributed by atoms with Crippen molar-refractivity contribution in [1.82, 2.24) is 19.8 Å². The molecule has 174 valence electrons. The van der Waals surface area contributed by atoms with Gasteiger partial charge in [0.15, 0.2) is 5.11 Å². The molecule has 4 rings (SSSR count). The van der Waals surface area contributed by atoms with Crippen LogP contribution in [-0.2, 0) is 6.18 Å². The van der Waals surface area contributed by atoms with Crippen LogP contribution in [0.25, 0.3) is 5.69 Å². The third-order valence-corrected chi connectivity index (χ3v) is 6.33. The first-order valence-corrected chi connectivity index (χ1v) is 11.1. The van der Waals surface area contributed by atoms with E-state index in [2.05, 4.69) is 10.3 Å². The van der Waals surface area contributed by atoms with E-state index in [1.807, 2.05) is 47.6 Å². The minimum atomic E-state index is -4.42. The molecule has 0 amide bonds. The molecule has 9 heteroatoms. The smallest absolute Gasteiger partial charge is 0.396 e. The maximum absolute atomic E-state index is 13.3. The van der Waals surface area contributed by atoms with Crippen molar-refractivity contribution in [3.8, 4) is 5.69 Å². The largest absolute Gasteiger partial charge is 0.416 e. The Kier molecular flexibility index (Phi) is 6.45. The van der Waals surface area contributed by atoms with Gasteiger partial charge in [0.1, 0.15) is 0 Å². The second-order valence-electron chi connectivity index (χ2n) is 8.11. The average molecular weight is 475 g/mol. The Morgan fingerprint density at radius 2 is 1.91 bits per heavy atom. The number of pyridine rings is 1. The van der Waals surface area contributed by atoms with E-state index in [-0.39, 0.29) is 18.7 Å². The average Bonchev–Trinajstić information content (AvgIpc) is 3.27. The predicted octanol–water partition coefficient (Wildman–Crippen LogP) is 4.86. The topological polar surface area (TPSA) is 53.3 Å². The number of halogens is 3. The molecule has 33 heavy (non-hydrogen) atoms. The monoisotopic (exact) mass is 474 g/mol. The number of benzene rings is 1. The van der Waals surface area contributed by atoms with Gasteiger partial charge in [-0.05, 0) is 74.4 Å². The zero-order valence-corrected chi connectivity index (χ0v) is 19.1. The van der Waals surface area contributed by atoms with Gasteiger partial charge < -0.3 is 19.9 Å².